The van der Waals surface area contributed by atoms with Crippen LogP contribution in [0.25, 0.3) is 11.3 Å². The lowest BCUT2D eigenvalue weighted by molar-refractivity contribution is -0.137. The number of methoxy groups -OCH3 is 2. The SMILES string of the molecule is COc1cccc(CNc2nc(-c3ccc(C(F)(F)F)cc3)co2)c1OC. The van der Waals surface area contributed by atoms with E-state index >= 15 is 0 Å². The van der Waals surface area contributed by atoms with Gasteiger partial charge in [0.15, 0.2) is 11.5 Å². The van der Waals surface area contributed by atoms with Gasteiger partial charge in [-0.05, 0) is 18.2 Å². The highest BCUT2D eigenvalue weighted by atomic mass is 19.4. The lowest BCUT2D eigenvalue weighted by Gasteiger charge is -2.12. The number of alkyl halides is 3. The minimum atomic E-state index is -4.37. The molecule has 0 bridgehead atoms. The predicted octanol–water partition coefficient (Wildman–Crippen LogP) is 4.99. The summed E-state index contributed by atoms with van der Waals surface area (Å²) in [7, 11) is 3.11. The van der Waals surface area contributed by atoms with Crippen molar-refractivity contribution in [1.29, 1.82) is 0 Å². The van der Waals surface area contributed by atoms with Gasteiger partial charge in [-0.2, -0.15) is 18.2 Å². The van der Waals surface area contributed by atoms with Gasteiger partial charge >= 0.3 is 6.18 Å². The fraction of sp³-hybridized carbons (Fsp3) is 0.211. The zero-order valence-corrected chi connectivity index (χ0v) is 14.6. The standard InChI is InChI=1S/C19H17F3N2O3/c1-25-16-5-3-4-13(17(16)26-2)10-23-18-24-15(11-27-18)12-6-8-14(9-7-12)19(20,21)22/h3-9,11H,10H2,1-2H3,(H,23,24). The summed E-state index contributed by atoms with van der Waals surface area (Å²) in [6.45, 7) is 0.368. The molecular weight excluding hydrogens is 361 g/mol. The Hall–Kier alpha value is -3.16. The number of nitrogens with zero attached hydrogens (tertiary/aromatic N) is 1. The van der Waals surface area contributed by atoms with Gasteiger partial charge in [0.25, 0.3) is 6.01 Å². The van der Waals surface area contributed by atoms with Crippen LogP contribution in [-0.4, -0.2) is 19.2 Å². The summed E-state index contributed by atoms with van der Waals surface area (Å²) in [6, 6.07) is 10.5. The highest BCUT2D eigenvalue weighted by molar-refractivity contribution is 5.60. The van der Waals surface area contributed by atoms with Crippen LogP contribution in [0.15, 0.2) is 53.1 Å². The predicted molar refractivity (Wildman–Crippen MR) is 93.8 cm³/mol. The lowest BCUT2D eigenvalue weighted by atomic mass is 10.1. The van der Waals surface area contributed by atoms with Gasteiger partial charge in [0, 0.05) is 17.7 Å². The third-order valence-electron chi connectivity index (χ3n) is 3.93. The van der Waals surface area contributed by atoms with E-state index in [1.165, 1.54) is 18.4 Å². The number of para-hydroxylation sites is 1. The van der Waals surface area contributed by atoms with Gasteiger partial charge in [0.2, 0.25) is 0 Å². The molecule has 0 aliphatic heterocycles. The van der Waals surface area contributed by atoms with Crippen molar-refractivity contribution in [2.45, 2.75) is 12.7 Å². The monoisotopic (exact) mass is 378 g/mol. The third kappa shape index (κ3) is 4.16. The van der Waals surface area contributed by atoms with Gasteiger partial charge in [0.1, 0.15) is 12.0 Å². The molecule has 0 fully saturated rings. The van der Waals surface area contributed by atoms with Crippen LogP contribution in [0.4, 0.5) is 19.2 Å². The first kappa shape index (κ1) is 18.6. The van der Waals surface area contributed by atoms with Crippen molar-refractivity contribution in [3.63, 3.8) is 0 Å². The van der Waals surface area contributed by atoms with Crippen molar-refractivity contribution >= 4 is 6.01 Å². The van der Waals surface area contributed by atoms with Gasteiger partial charge in [-0.3, -0.25) is 0 Å². The third-order valence-corrected chi connectivity index (χ3v) is 3.93. The molecule has 27 heavy (non-hydrogen) atoms. The van der Waals surface area contributed by atoms with Crippen LogP contribution in [0, 0.1) is 0 Å². The summed E-state index contributed by atoms with van der Waals surface area (Å²) in [5, 5.41) is 3.02. The van der Waals surface area contributed by atoms with Crippen molar-refractivity contribution in [1.82, 2.24) is 4.98 Å². The van der Waals surface area contributed by atoms with E-state index in [1.807, 2.05) is 12.1 Å². The second-order valence-electron chi connectivity index (χ2n) is 5.62. The Bertz CT molecular complexity index is 905. The van der Waals surface area contributed by atoms with E-state index in [1.54, 1.807) is 20.3 Å². The van der Waals surface area contributed by atoms with E-state index in [9.17, 15) is 13.2 Å². The van der Waals surface area contributed by atoms with E-state index < -0.39 is 11.7 Å². The first-order valence-corrected chi connectivity index (χ1v) is 7.99. The molecule has 0 unspecified atom stereocenters. The number of hydrogen-bond donors (Lipinski definition) is 1. The summed E-state index contributed by atoms with van der Waals surface area (Å²) >= 11 is 0. The summed E-state index contributed by atoms with van der Waals surface area (Å²) in [4.78, 5) is 4.25. The molecule has 0 spiro atoms. The lowest BCUT2D eigenvalue weighted by Crippen LogP contribution is -2.04. The normalized spacial score (nSPS) is 11.3. The number of benzene rings is 2. The largest absolute Gasteiger partial charge is 0.493 e. The van der Waals surface area contributed by atoms with Crippen LogP contribution in [-0.2, 0) is 12.7 Å². The van der Waals surface area contributed by atoms with E-state index in [4.69, 9.17) is 13.9 Å². The molecule has 3 aromatic rings. The molecule has 0 saturated carbocycles. The van der Waals surface area contributed by atoms with Crippen LogP contribution >= 0.6 is 0 Å². The molecule has 1 heterocycles. The first-order valence-electron chi connectivity index (χ1n) is 7.99. The zero-order valence-electron chi connectivity index (χ0n) is 14.6. The minimum absolute atomic E-state index is 0.245. The molecule has 1 N–H and O–H groups in total. The maximum absolute atomic E-state index is 12.6. The number of rotatable bonds is 6. The molecule has 8 heteroatoms. The van der Waals surface area contributed by atoms with Crippen molar-refractivity contribution in [2.24, 2.45) is 0 Å². The van der Waals surface area contributed by atoms with E-state index in [2.05, 4.69) is 10.3 Å². The Morgan fingerprint density at radius 3 is 2.41 bits per heavy atom. The number of oxazole rings is 1. The topological polar surface area (TPSA) is 56.5 Å². The average molecular weight is 378 g/mol. The minimum Gasteiger partial charge on any atom is -0.493 e. The number of ether oxygens (including phenoxy) is 2. The molecule has 2 aromatic carbocycles. The molecule has 1 aromatic heterocycles. The number of halogens is 3. The van der Waals surface area contributed by atoms with Crippen LogP contribution in [0.3, 0.4) is 0 Å². The van der Waals surface area contributed by atoms with E-state index in [0.717, 1.165) is 17.7 Å². The summed E-state index contributed by atoms with van der Waals surface area (Å²) in [5.41, 5.74) is 1.09. The quantitative estimate of drug-likeness (QED) is 0.655. The first-order chi connectivity index (χ1) is 12.9. The highest BCUT2D eigenvalue weighted by Crippen LogP contribution is 2.32. The fourth-order valence-corrected chi connectivity index (χ4v) is 2.58. The number of nitrogens with one attached hydrogen (secondary N) is 1. The summed E-state index contributed by atoms with van der Waals surface area (Å²) < 4.78 is 53.9. The van der Waals surface area contributed by atoms with Gasteiger partial charge in [-0.15, -0.1) is 0 Å². The van der Waals surface area contributed by atoms with Gasteiger partial charge in [-0.25, -0.2) is 0 Å². The molecule has 0 atom stereocenters. The van der Waals surface area contributed by atoms with Gasteiger partial charge in [-0.1, -0.05) is 24.3 Å². The maximum atomic E-state index is 12.6. The van der Waals surface area contributed by atoms with Crippen molar-refractivity contribution in [3.05, 3.63) is 59.9 Å². The molecule has 3 rings (SSSR count). The van der Waals surface area contributed by atoms with Crippen LogP contribution in [0.2, 0.25) is 0 Å². The Morgan fingerprint density at radius 1 is 1.04 bits per heavy atom. The second-order valence-corrected chi connectivity index (χ2v) is 5.62. The fourth-order valence-electron chi connectivity index (χ4n) is 2.58. The second kappa shape index (κ2) is 7.61. The Labute approximate surface area is 153 Å². The highest BCUT2D eigenvalue weighted by Gasteiger charge is 2.30. The van der Waals surface area contributed by atoms with Crippen LogP contribution < -0.4 is 14.8 Å². The molecule has 5 nitrogen and oxygen atoms in total. The van der Waals surface area contributed by atoms with E-state index in [-0.39, 0.29) is 6.01 Å². The Kier molecular flexibility index (Phi) is 5.25. The summed E-state index contributed by atoms with van der Waals surface area (Å²) in [6.07, 6.45) is -2.99. The molecular formula is C19H17F3N2O3. The van der Waals surface area contributed by atoms with Crippen molar-refractivity contribution in [3.8, 4) is 22.8 Å². The van der Waals surface area contributed by atoms with E-state index in [0.29, 0.717) is 29.3 Å². The van der Waals surface area contributed by atoms with Gasteiger partial charge < -0.3 is 19.2 Å². The van der Waals surface area contributed by atoms with Crippen LogP contribution in [0.1, 0.15) is 11.1 Å². The summed E-state index contributed by atoms with van der Waals surface area (Å²) in [5.74, 6) is 1.21. The number of aromatic nitrogens is 1. The Balaban J connectivity index is 1.72. The average Bonchev–Trinajstić information content (AvgIpc) is 3.14. The molecule has 142 valence electrons. The molecule has 0 saturated heterocycles. The zero-order chi connectivity index (χ0) is 19.4. The smallest absolute Gasteiger partial charge is 0.416 e. The van der Waals surface area contributed by atoms with Crippen LogP contribution in [0.5, 0.6) is 11.5 Å². The molecule has 0 radical (unpaired) electrons. The number of hydrogen-bond acceptors (Lipinski definition) is 5. The van der Waals surface area contributed by atoms with Crippen molar-refractivity contribution in [2.75, 3.05) is 19.5 Å². The molecule has 0 amide bonds. The maximum Gasteiger partial charge on any atom is 0.416 e. The molecule has 0 aliphatic carbocycles. The van der Waals surface area contributed by atoms with Gasteiger partial charge in [0.05, 0.1) is 19.8 Å². The van der Waals surface area contributed by atoms with Crippen molar-refractivity contribution < 1.29 is 27.1 Å². The molecule has 0 aliphatic rings. The Morgan fingerprint density at radius 2 is 1.78 bits per heavy atom. The number of anilines is 1.